The lowest BCUT2D eigenvalue weighted by Gasteiger charge is -2.05. The molecule has 0 aliphatic carbocycles. The van der Waals surface area contributed by atoms with Gasteiger partial charge in [0.1, 0.15) is 6.33 Å². The number of hydrogen-bond acceptors (Lipinski definition) is 6. The molecule has 0 spiro atoms. The van der Waals surface area contributed by atoms with Crippen molar-refractivity contribution in [2.75, 3.05) is 7.11 Å². The van der Waals surface area contributed by atoms with Crippen molar-refractivity contribution in [1.29, 1.82) is 0 Å². The highest BCUT2D eigenvalue weighted by molar-refractivity contribution is 5.46. The molecule has 1 aromatic carbocycles. The van der Waals surface area contributed by atoms with Crippen molar-refractivity contribution in [3.05, 3.63) is 35.0 Å². The average molecular weight is 235 g/mol. The Morgan fingerprint density at radius 2 is 2.06 bits per heavy atom. The summed E-state index contributed by atoms with van der Waals surface area (Å²) in [6, 6.07) is 3.91. The van der Waals surface area contributed by atoms with E-state index in [0.717, 1.165) is 4.57 Å². The summed E-state index contributed by atoms with van der Waals surface area (Å²) in [5.74, 6) is -0.596. The van der Waals surface area contributed by atoms with Gasteiger partial charge in [-0.15, -0.1) is 4.98 Å². The minimum atomic E-state index is -0.595. The van der Waals surface area contributed by atoms with Crippen LogP contribution in [0.3, 0.4) is 0 Å². The number of nitrogens with zero attached hydrogens (tertiary/aromatic N) is 3. The first-order valence-corrected chi connectivity index (χ1v) is 4.64. The molecular weight excluding hydrogens is 226 g/mol. The minimum Gasteiger partial charge on any atom is -0.504 e. The largest absolute Gasteiger partial charge is 0.504 e. The summed E-state index contributed by atoms with van der Waals surface area (Å²) < 4.78 is 5.82. The maximum atomic E-state index is 11.6. The van der Waals surface area contributed by atoms with E-state index in [1.54, 1.807) is 0 Å². The maximum Gasteiger partial charge on any atom is 0.358 e. The lowest BCUT2D eigenvalue weighted by molar-refractivity contribution is 0.374. The molecule has 0 fully saturated rings. The van der Waals surface area contributed by atoms with Gasteiger partial charge in [0, 0.05) is 6.07 Å². The number of phenols is 2. The first-order valence-electron chi connectivity index (χ1n) is 4.64. The van der Waals surface area contributed by atoms with Crippen LogP contribution >= 0.6 is 0 Å². The second kappa shape index (κ2) is 4.12. The highest BCUT2D eigenvalue weighted by Crippen LogP contribution is 2.25. The molecule has 0 unspecified atom stereocenters. The van der Waals surface area contributed by atoms with E-state index in [9.17, 15) is 9.90 Å². The van der Waals surface area contributed by atoms with Gasteiger partial charge in [-0.05, 0) is 12.1 Å². The van der Waals surface area contributed by atoms with Crippen LogP contribution in [0.5, 0.6) is 17.5 Å². The Kier molecular flexibility index (Phi) is 2.65. The topological polar surface area (TPSA) is 97.5 Å². The smallest absolute Gasteiger partial charge is 0.358 e. The first-order chi connectivity index (χ1) is 8.11. The number of methoxy groups -OCH3 is 1. The third-order valence-electron chi connectivity index (χ3n) is 2.10. The Morgan fingerprint density at radius 1 is 1.29 bits per heavy atom. The minimum absolute atomic E-state index is 0.0331. The molecule has 1 aromatic heterocycles. The van der Waals surface area contributed by atoms with Crippen LogP contribution in [-0.4, -0.2) is 31.9 Å². The molecule has 17 heavy (non-hydrogen) atoms. The van der Waals surface area contributed by atoms with Gasteiger partial charge >= 0.3 is 11.7 Å². The van der Waals surface area contributed by atoms with Gasteiger partial charge in [0.25, 0.3) is 0 Å². The predicted molar refractivity (Wildman–Crippen MR) is 57.5 cm³/mol. The van der Waals surface area contributed by atoms with Gasteiger partial charge in [0.05, 0.1) is 12.8 Å². The molecular formula is C10H9N3O4. The number of aromatic nitrogens is 3. The standard InChI is InChI=1S/C10H9N3O4/c1-17-9-11-5-13(10(16)12-9)6-2-3-7(14)8(15)4-6/h2-5,14-15H,1H3. The van der Waals surface area contributed by atoms with Crippen LogP contribution in [0.4, 0.5) is 0 Å². The Labute approximate surface area is 95.6 Å². The fraction of sp³-hybridized carbons (Fsp3) is 0.100. The Balaban J connectivity index is 2.53. The van der Waals surface area contributed by atoms with Crippen LogP contribution in [0.25, 0.3) is 5.69 Å². The predicted octanol–water partition coefficient (Wildman–Crippen LogP) is 0.0473. The molecule has 7 heteroatoms. The SMILES string of the molecule is COc1ncn(-c2ccc(O)c(O)c2)c(=O)n1. The van der Waals surface area contributed by atoms with E-state index in [-0.39, 0.29) is 17.5 Å². The van der Waals surface area contributed by atoms with Gasteiger partial charge in [-0.1, -0.05) is 0 Å². The molecule has 2 aromatic rings. The summed E-state index contributed by atoms with van der Waals surface area (Å²) in [7, 11) is 1.35. The Morgan fingerprint density at radius 3 is 2.65 bits per heavy atom. The number of rotatable bonds is 2. The number of ether oxygens (including phenoxy) is 1. The number of benzene rings is 1. The quantitative estimate of drug-likeness (QED) is 0.713. The van der Waals surface area contributed by atoms with Gasteiger partial charge in [-0.25, -0.2) is 4.79 Å². The molecule has 0 bridgehead atoms. The van der Waals surface area contributed by atoms with Crippen LogP contribution in [0.15, 0.2) is 29.3 Å². The maximum absolute atomic E-state index is 11.6. The Bertz CT molecular complexity index is 609. The zero-order valence-electron chi connectivity index (χ0n) is 8.86. The lowest BCUT2D eigenvalue weighted by atomic mass is 10.3. The van der Waals surface area contributed by atoms with Crippen LogP contribution in [0, 0.1) is 0 Å². The molecule has 2 rings (SSSR count). The van der Waals surface area contributed by atoms with Crippen LogP contribution in [0.1, 0.15) is 0 Å². The summed E-state index contributed by atoms with van der Waals surface area (Å²) in [4.78, 5) is 18.9. The molecule has 0 saturated carbocycles. The molecule has 0 aliphatic rings. The third-order valence-corrected chi connectivity index (χ3v) is 2.10. The summed E-state index contributed by atoms with van der Waals surface area (Å²) >= 11 is 0. The van der Waals surface area contributed by atoms with Crippen molar-refractivity contribution in [1.82, 2.24) is 14.5 Å². The molecule has 0 radical (unpaired) electrons. The molecule has 0 saturated heterocycles. The summed E-state index contributed by atoms with van der Waals surface area (Å²) in [5.41, 5.74) is -0.255. The van der Waals surface area contributed by atoms with Crippen LogP contribution in [0.2, 0.25) is 0 Å². The van der Waals surface area contributed by atoms with Crippen molar-refractivity contribution in [2.24, 2.45) is 0 Å². The zero-order valence-corrected chi connectivity index (χ0v) is 8.86. The average Bonchev–Trinajstić information content (AvgIpc) is 2.32. The van der Waals surface area contributed by atoms with E-state index >= 15 is 0 Å². The van der Waals surface area contributed by atoms with Gasteiger partial charge in [-0.3, -0.25) is 4.57 Å². The highest BCUT2D eigenvalue weighted by atomic mass is 16.5. The second-order valence-corrected chi connectivity index (χ2v) is 3.17. The van der Waals surface area contributed by atoms with E-state index < -0.39 is 5.69 Å². The van der Waals surface area contributed by atoms with Crippen LogP contribution < -0.4 is 10.4 Å². The fourth-order valence-electron chi connectivity index (χ4n) is 1.26. The normalized spacial score (nSPS) is 10.2. The fourth-order valence-corrected chi connectivity index (χ4v) is 1.26. The first kappa shape index (κ1) is 10.9. The molecule has 0 aliphatic heterocycles. The van der Waals surface area contributed by atoms with Crippen molar-refractivity contribution < 1.29 is 14.9 Å². The summed E-state index contributed by atoms with van der Waals surface area (Å²) in [6.07, 6.45) is 1.22. The number of hydrogen-bond donors (Lipinski definition) is 2. The monoisotopic (exact) mass is 235 g/mol. The highest BCUT2D eigenvalue weighted by Gasteiger charge is 2.06. The van der Waals surface area contributed by atoms with Gasteiger partial charge in [-0.2, -0.15) is 4.98 Å². The van der Waals surface area contributed by atoms with E-state index in [4.69, 9.17) is 9.84 Å². The van der Waals surface area contributed by atoms with Crippen LogP contribution in [-0.2, 0) is 0 Å². The lowest BCUT2D eigenvalue weighted by Crippen LogP contribution is -2.22. The number of phenolic OH excluding ortho intramolecular Hbond substituents is 2. The van der Waals surface area contributed by atoms with Crippen molar-refractivity contribution in [3.63, 3.8) is 0 Å². The van der Waals surface area contributed by atoms with E-state index in [2.05, 4.69) is 9.97 Å². The molecule has 0 amide bonds. The van der Waals surface area contributed by atoms with Gasteiger partial charge < -0.3 is 14.9 Å². The van der Waals surface area contributed by atoms with Gasteiger partial charge in [0.2, 0.25) is 0 Å². The third kappa shape index (κ3) is 2.03. The molecule has 2 N–H and O–H groups in total. The van der Waals surface area contributed by atoms with E-state index in [1.165, 1.54) is 31.6 Å². The number of aromatic hydroxyl groups is 2. The van der Waals surface area contributed by atoms with Crippen molar-refractivity contribution >= 4 is 0 Å². The van der Waals surface area contributed by atoms with Crippen molar-refractivity contribution in [3.8, 4) is 23.2 Å². The summed E-state index contributed by atoms with van der Waals surface area (Å²) in [6.45, 7) is 0. The van der Waals surface area contributed by atoms with E-state index in [1.807, 2.05) is 0 Å². The van der Waals surface area contributed by atoms with Crippen molar-refractivity contribution in [2.45, 2.75) is 0 Å². The summed E-state index contributed by atoms with van der Waals surface area (Å²) in [5, 5.41) is 18.5. The second-order valence-electron chi connectivity index (χ2n) is 3.17. The molecule has 7 nitrogen and oxygen atoms in total. The molecule has 1 heterocycles. The Hall–Kier alpha value is -2.57. The molecule has 0 atom stereocenters. The van der Waals surface area contributed by atoms with Gasteiger partial charge in [0.15, 0.2) is 11.5 Å². The zero-order chi connectivity index (χ0) is 12.4. The van der Waals surface area contributed by atoms with E-state index in [0.29, 0.717) is 5.69 Å². The molecule has 88 valence electrons.